The van der Waals surface area contributed by atoms with E-state index in [1.165, 1.54) is 18.2 Å². The molecule has 1 heterocycles. The van der Waals surface area contributed by atoms with Gasteiger partial charge in [0.2, 0.25) is 0 Å². The maximum Gasteiger partial charge on any atom is 0.344 e. The summed E-state index contributed by atoms with van der Waals surface area (Å²) in [4.78, 5) is 22.7. The minimum absolute atomic E-state index is 0.113. The van der Waals surface area contributed by atoms with Crippen LogP contribution in [0.2, 0.25) is 5.02 Å². The van der Waals surface area contributed by atoms with Crippen molar-refractivity contribution in [3.8, 4) is 5.75 Å². The van der Waals surface area contributed by atoms with E-state index < -0.39 is 11.6 Å². The van der Waals surface area contributed by atoms with Gasteiger partial charge in [0.1, 0.15) is 17.9 Å². The first-order valence-electron chi connectivity index (χ1n) is 6.14. The van der Waals surface area contributed by atoms with Crippen LogP contribution in [0.4, 0.5) is 0 Å². The van der Waals surface area contributed by atoms with Gasteiger partial charge < -0.3 is 13.9 Å². The van der Waals surface area contributed by atoms with Gasteiger partial charge in [0, 0.05) is 17.5 Å². The molecule has 0 aliphatic heterocycles. The summed E-state index contributed by atoms with van der Waals surface area (Å²) < 4.78 is 15.1. The van der Waals surface area contributed by atoms with Crippen molar-refractivity contribution in [2.45, 2.75) is 6.92 Å². The lowest BCUT2D eigenvalue weighted by molar-refractivity contribution is -0.144. The summed E-state index contributed by atoms with van der Waals surface area (Å²) in [5, 5.41) is 1.03. The van der Waals surface area contributed by atoms with Gasteiger partial charge in [-0.1, -0.05) is 24.3 Å². The minimum Gasteiger partial charge on any atom is -0.480 e. The van der Waals surface area contributed by atoms with Crippen LogP contribution in [0.25, 0.3) is 11.0 Å². The van der Waals surface area contributed by atoms with E-state index >= 15 is 0 Å². The van der Waals surface area contributed by atoms with Crippen LogP contribution >= 0.6 is 11.6 Å². The van der Waals surface area contributed by atoms with Crippen molar-refractivity contribution >= 4 is 28.5 Å². The summed E-state index contributed by atoms with van der Waals surface area (Å²) in [6, 6.07) is 4.48. The molecule has 1 aromatic heterocycles. The fourth-order valence-corrected chi connectivity index (χ4v) is 1.98. The van der Waals surface area contributed by atoms with Gasteiger partial charge in [0.25, 0.3) is 0 Å². The Hall–Kier alpha value is -2.27. The number of rotatable bonds is 5. The first-order valence-corrected chi connectivity index (χ1v) is 6.52. The van der Waals surface area contributed by atoms with Crippen molar-refractivity contribution in [2.75, 3.05) is 13.2 Å². The Morgan fingerprint density at radius 1 is 1.43 bits per heavy atom. The molecule has 2 aromatic rings. The van der Waals surface area contributed by atoms with Crippen LogP contribution in [0.5, 0.6) is 5.75 Å². The third kappa shape index (κ3) is 3.64. The molecule has 1 aromatic carbocycles. The molecule has 21 heavy (non-hydrogen) atoms. The number of halogens is 1. The van der Waals surface area contributed by atoms with E-state index in [4.69, 9.17) is 25.5 Å². The molecule has 0 bridgehead atoms. The highest BCUT2D eigenvalue weighted by Gasteiger charge is 2.11. The topological polar surface area (TPSA) is 65.7 Å². The summed E-state index contributed by atoms with van der Waals surface area (Å²) in [5.41, 5.74) is 0.637. The maximum atomic E-state index is 11.4. The lowest BCUT2D eigenvalue weighted by atomic mass is 10.1. The van der Waals surface area contributed by atoms with Crippen LogP contribution in [0.15, 0.2) is 40.1 Å². The zero-order chi connectivity index (χ0) is 15.4. The first-order chi connectivity index (χ1) is 10.0. The molecule has 0 spiro atoms. The molecule has 0 fully saturated rings. The van der Waals surface area contributed by atoms with Crippen molar-refractivity contribution in [2.24, 2.45) is 0 Å². The molecule has 0 saturated heterocycles. The van der Waals surface area contributed by atoms with Gasteiger partial charge in [-0.25, -0.2) is 9.59 Å². The van der Waals surface area contributed by atoms with Crippen LogP contribution in [0.3, 0.4) is 0 Å². The molecule has 6 heteroatoms. The molecule has 0 radical (unpaired) electrons. The Kier molecular flexibility index (Phi) is 4.65. The number of benzene rings is 1. The highest BCUT2D eigenvalue weighted by Crippen LogP contribution is 2.30. The summed E-state index contributed by atoms with van der Waals surface area (Å²) >= 11 is 6.09. The number of fused-ring (bicyclic) bond motifs is 1. The van der Waals surface area contributed by atoms with E-state index in [1.54, 1.807) is 13.0 Å². The second-order valence-corrected chi connectivity index (χ2v) is 4.69. The third-order valence-corrected chi connectivity index (χ3v) is 3.01. The Labute approximate surface area is 125 Å². The number of carbonyl (C=O) groups excluding carboxylic acids is 1. The van der Waals surface area contributed by atoms with Gasteiger partial charge >= 0.3 is 11.6 Å². The molecule has 0 aliphatic carbocycles. The fraction of sp³-hybridized carbons (Fsp3) is 0.200. The smallest absolute Gasteiger partial charge is 0.344 e. The van der Waals surface area contributed by atoms with Gasteiger partial charge in [0.15, 0.2) is 6.61 Å². The van der Waals surface area contributed by atoms with Crippen LogP contribution in [-0.2, 0) is 9.53 Å². The van der Waals surface area contributed by atoms with Gasteiger partial charge in [-0.05, 0) is 18.6 Å². The van der Waals surface area contributed by atoms with Crippen molar-refractivity contribution in [1.29, 1.82) is 0 Å². The van der Waals surface area contributed by atoms with E-state index in [1.807, 2.05) is 0 Å². The van der Waals surface area contributed by atoms with E-state index in [0.29, 0.717) is 16.0 Å². The molecule has 0 N–H and O–H groups in total. The number of aryl methyl sites for hydroxylation is 1. The van der Waals surface area contributed by atoms with Crippen LogP contribution in [-0.4, -0.2) is 19.2 Å². The van der Waals surface area contributed by atoms with Gasteiger partial charge in [-0.2, -0.15) is 0 Å². The number of esters is 1. The summed E-state index contributed by atoms with van der Waals surface area (Å²) in [6.45, 7) is 5.03. The molecule has 110 valence electrons. The maximum absolute atomic E-state index is 11.4. The van der Waals surface area contributed by atoms with Gasteiger partial charge in [-0.3, -0.25) is 0 Å². The highest BCUT2D eigenvalue weighted by molar-refractivity contribution is 6.32. The monoisotopic (exact) mass is 308 g/mol. The first kappa shape index (κ1) is 15.1. The molecular formula is C15H13ClO5. The van der Waals surface area contributed by atoms with E-state index in [9.17, 15) is 9.59 Å². The minimum atomic E-state index is -0.545. The Bertz CT molecular complexity index is 748. The van der Waals surface area contributed by atoms with Crippen molar-refractivity contribution in [1.82, 2.24) is 0 Å². The van der Waals surface area contributed by atoms with E-state index in [0.717, 1.165) is 5.56 Å². The zero-order valence-electron chi connectivity index (χ0n) is 11.3. The Morgan fingerprint density at radius 2 is 2.19 bits per heavy atom. The molecule has 0 aliphatic rings. The average molecular weight is 309 g/mol. The largest absolute Gasteiger partial charge is 0.480 e. The van der Waals surface area contributed by atoms with E-state index in [-0.39, 0.29) is 19.0 Å². The van der Waals surface area contributed by atoms with Crippen molar-refractivity contribution in [3.05, 3.63) is 51.9 Å². The highest BCUT2D eigenvalue weighted by atomic mass is 35.5. The summed E-state index contributed by atoms with van der Waals surface area (Å²) in [7, 11) is 0. The normalized spacial score (nSPS) is 10.4. The Balaban J connectivity index is 2.24. The predicted octanol–water partition coefficient (Wildman–Crippen LogP) is 2.86. The Morgan fingerprint density at radius 3 is 2.90 bits per heavy atom. The number of hydrogen-bond acceptors (Lipinski definition) is 5. The standard InChI is InChI=1S/C15H13ClO5/c1-3-4-19-15(18)8-20-13-7-12-10(6-11(13)16)9(2)5-14(17)21-12/h3,5-7H,1,4,8H2,2H3. The summed E-state index contributed by atoms with van der Waals surface area (Å²) in [6.07, 6.45) is 1.46. The molecule has 0 saturated carbocycles. The molecule has 5 nitrogen and oxygen atoms in total. The third-order valence-electron chi connectivity index (χ3n) is 2.71. The number of hydrogen-bond donors (Lipinski definition) is 0. The quantitative estimate of drug-likeness (QED) is 0.483. The lowest BCUT2D eigenvalue weighted by Crippen LogP contribution is -2.15. The van der Waals surface area contributed by atoms with Crippen molar-refractivity contribution in [3.63, 3.8) is 0 Å². The lowest BCUT2D eigenvalue weighted by Gasteiger charge is -2.09. The molecule has 0 amide bonds. The van der Waals surface area contributed by atoms with Gasteiger partial charge in [0.05, 0.1) is 5.02 Å². The number of ether oxygens (including phenoxy) is 2. The van der Waals surface area contributed by atoms with Crippen LogP contribution < -0.4 is 10.4 Å². The fourth-order valence-electron chi connectivity index (χ4n) is 1.76. The van der Waals surface area contributed by atoms with Crippen LogP contribution in [0.1, 0.15) is 5.56 Å². The second kappa shape index (κ2) is 6.45. The number of carbonyl (C=O) groups is 1. The molecule has 0 unspecified atom stereocenters. The predicted molar refractivity (Wildman–Crippen MR) is 78.9 cm³/mol. The van der Waals surface area contributed by atoms with E-state index in [2.05, 4.69) is 6.58 Å². The zero-order valence-corrected chi connectivity index (χ0v) is 12.1. The van der Waals surface area contributed by atoms with Gasteiger partial charge in [-0.15, -0.1) is 0 Å². The average Bonchev–Trinajstić information content (AvgIpc) is 2.43. The molecule has 0 atom stereocenters. The SMILES string of the molecule is C=CCOC(=O)COc1cc2oc(=O)cc(C)c2cc1Cl. The second-order valence-electron chi connectivity index (χ2n) is 4.29. The molecular weight excluding hydrogens is 296 g/mol. The van der Waals surface area contributed by atoms with Crippen LogP contribution in [0, 0.1) is 6.92 Å². The van der Waals surface area contributed by atoms with Crippen molar-refractivity contribution < 1.29 is 18.7 Å². The molecule has 2 rings (SSSR count). The summed E-state index contributed by atoms with van der Waals surface area (Å²) in [5.74, 6) is -0.301.